The Morgan fingerprint density at radius 3 is 2.23 bits per heavy atom. The first kappa shape index (κ1) is 32.9. The van der Waals surface area contributed by atoms with Crippen LogP contribution in [0.1, 0.15) is 113 Å². The highest BCUT2D eigenvalue weighted by molar-refractivity contribution is 5.79. The first-order valence-corrected chi connectivity index (χ1v) is 17.3. The van der Waals surface area contributed by atoms with E-state index in [9.17, 15) is 30.3 Å². The number of esters is 1. The Morgan fingerprint density at radius 1 is 0.864 bits per heavy atom. The van der Waals surface area contributed by atoms with Gasteiger partial charge in [0, 0.05) is 0 Å². The Bertz CT molecular complexity index is 1180. The standard InChI is InChI=1S/C36H58O8/c1-31(2)14-16-36(30(42)44-29-28(41)27(40)26(39)22(19-37)43-29)17-15-34(6)20(21(36)18-31)8-9-24-33(5)12-11-25(38)32(3,4)23(33)10-13-35(24,34)7/h8,21-29,37-41H,9-19H2,1-7H3/t21?,22-,23?,24?,25+,26-,27+,28-,29+,33+,34-,35-,36+/m1/s1. The zero-order valence-corrected chi connectivity index (χ0v) is 28.0. The van der Waals surface area contributed by atoms with Gasteiger partial charge in [0.05, 0.1) is 18.1 Å². The van der Waals surface area contributed by atoms with Gasteiger partial charge < -0.3 is 35.0 Å². The fourth-order valence-corrected chi connectivity index (χ4v) is 12.0. The van der Waals surface area contributed by atoms with E-state index >= 15 is 0 Å². The summed E-state index contributed by atoms with van der Waals surface area (Å²) in [5.41, 5.74) is 0.719. The predicted octanol–water partition coefficient (Wildman–Crippen LogP) is 4.49. The highest BCUT2D eigenvalue weighted by Crippen LogP contribution is 2.75. The normalized spacial score (nSPS) is 52.8. The Kier molecular flexibility index (Phi) is 7.84. The summed E-state index contributed by atoms with van der Waals surface area (Å²) in [5, 5.41) is 52.0. The molecule has 0 aromatic carbocycles. The topological polar surface area (TPSA) is 137 Å². The molecule has 6 aliphatic rings. The van der Waals surface area contributed by atoms with Gasteiger partial charge >= 0.3 is 5.97 Å². The third-order valence-electron chi connectivity index (χ3n) is 15.1. The number of carbonyl (C=O) groups is 1. The molecule has 5 aliphatic carbocycles. The zero-order valence-electron chi connectivity index (χ0n) is 28.0. The second-order valence-electron chi connectivity index (χ2n) is 17.8. The van der Waals surface area contributed by atoms with E-state index in [1.165, 1.54) is 5.57 Å². The predicted molar refractivity (Wildman–Crippen MR) is 165 cm³/mol. The SMILES string of the molecule is CC1(C)CC[C@]2(C(=O)O[C@@H]3O[C@H](CO)[C@@H](O)[C@H](O)[C@H]3O)CC[C@]3(C)C(=CCC4[C@@]5(C)CC[C@H](O)C(C)(C)C5CC[C@]43C)C2C1. The Hall–Kier alpha value is -1.03. The summed E-state index contributed by atoms with van der Waals surface area (Å²) in [6, 6.07) is 0. The molecule has 0 bridgehead atoms. The maximum Gasteiger partial charge on any atom is 0.315 e. The van der Waals surface area contributed by atoms with E-state index in [1.807, 2.05) is 0 Å². The largest absolute Gasteiger partial charge is 0.432 e. The van der Waals surface area contributed by atoms with Crippen molar-refractivity contribution in [3.63, 3.8) is 0 Å². The van der Waals surface area contributed by atoms with Crippen LogP contribution in [-0.2, 0) is 14.3 Å². The van der Waals surface area contributed by atoms with E-state index in [0.29, 0.717) is 24.7 Å². The fourth-order valence-electron chi connectivity index (χ4n) is 12.0. The van der Waals surface area contributed by atoms with Crippen LogP contribution in [0.2, 0.25) is 0 Å². The average Bonchev–Trinajstić information content (AvgIpc) is 2.95. The molecule has 6 rings (SSSR count). The minimum atomic E-state index is -1.61. The van der Waals surface area contributed by atoms with Crippen molar-refractivity contribution in [3.8, 4) is 0 Å². The fraction of sp³-hybridized carbons (Fsp3) is 0.917. The van der Waals surface area contributed by atoms with Crippen LogP contribution in [0.15, 0.2) is 11.6 Å². The second-order valence-corrected chi connectivity index (χ2v) is 17.8. The Morgan fingerprint density at radius 2 is 1.55 bits per heavy atom. The molecule has 1 saturated heterocycles. The van der Waals surface area contributed by atoms with Gasteiger partial charge in [-0.1, -0.05) is 60.1 Å². The monoisotopic (exact) mass is 618 g/mol. The van der Waals surface area contributed by atoms with E-state index in [4.69, 9.17) is 9.47 Å². The lowest BCUT2D eigenvalue weighted by atomic mass is 9.33. The molecule has 1 heterocycles. The van der Waals surface area contributed by atoms with Crippen LogP contribution < -0.4 is 0 Å². The maximum atomic E-state index is 14.4. The number of rotatable bonds is 3. The Labute approximate surface area is 263 Å². The van der Waals surface area contributed by atoms with Crippen LogP contribution in [0.4, 0.5) is 0 Å². The third kappa shape index (κ3) is 4.40. The van der Waals surface area contributed by atoms with Crippen molar-refractivity contribution in [2.45, 2.75) is 149 Å². The van der Waals surface area contributed by atoms with Crippen molar-refractivity contribution in [1.82, 2.24) is 0 Å². The first-order valence-electron chi connectivity index (χ1n) is 17.3. The maximum absolute atomic E-state index is 14.4. The van der Waals surface area contributed by atoms with E-state index in [0.717, 1.165) is 51.4 Å². The minimum Gasteiger partial charge on any atom is -0.432 e. The van der Waals surface area contributed by atoms with Crippen molar-refractivity contribution in [2.75, 3.05) is 6.61 Å². The van der Waals surface area contributed by atoms with Crippen LogP contribution in [0.25, 0.3) is 0 Å². The molecule has 0 spiro atoms. The number of carbonyl (C=O) groups excluding carboxylic acids is 1. The molecule has 3 unspecified atom stereocenters. The van der Waals surface area contributed by atoms with Crippen LogP contribution in [0.3, 0.4) is 0 Å². The van der Waals surface area contributed by atoms with Crippen LogP contribution in [0, 0.1) is 50.2 Å². The van der Waals surface area contributed by atoms with E-state index in [1.54, 1.807) is 0 Å². The summed E-state index contributed by atoms with van der Waals surface area (Å²) < 4.78 is 11.6. The molecule has 0 aromatic heterocycles. The van der Waals surface area contributed by atoms with Gasteiger partial charge in [-0.2, -0.15) is 0 Å². The smallest absolute Gasteiger partial charge is 0.315 e. The quantitative estimate of drug-likeness (QED) is 0.231. The number of fused-ring (bicyclic) bond motifs is 7. The van der Waals surface area contributed by atoms with Crippen molar-refractivity contribution in [1.29, 1.82) is 0 Å². The van der Waals surface area contributed by atoms with Gasteiger partial charge in [0.25, 0.3) is 0 Å². The van der Waals surface area contributed by atoms with Gasteiger partial charge in [0.1, 0.15) is 24.4 Å². The highest BCUT2D eigenvalue weighted by atomic mass is 16.7. The third-order valence-corrected chi connectivity index (χ3v) is 15.1. The van der Waals surface area contributed by atoms with E-state index < -0.39 is 48.7 Å². The van der Waals surface area contributed by atoms with Gasteiger partial charge in [0.2, 0.25) is 6.29 Å². The van der Waals surface area contributed by atoms with Gasteiger partial charge in [-0.3, -0.25) is 4.79 Å². The van der Waals surface area contributed by atoms with Crippen LogP contribution in [0.5, 0.6) is 0 Å². The van der Waals surface area contributed by atoms with Crippen LogP contribution in [-0.4, -0.2) is 74.9 Å². The molecule has 0 aromatic rings. The molecule has 44 heavy (non-hydrogen) atoms. The lowest BCUT2D eigenvalue weighted by molar-refractivity contribution is -0.297. The van der Waals surface area contributed by atoms with Crippen molar-refractivity contribution in [2.24, 2.45) is 50.2 Å². The summed E-state index contributed by atoms with van der Waals surface area (Å²) in [4.78, 5) is 14.4. The molecule has 0 amide bonds. The lowest BCUT2D eigenvalue weighted by Crippen LogP contribution is -2.65. The van der Waals surface area contributed by atoms with Crippen molar-refractivity contribution in [3.05, 3.63) is 11.6 Å². The average molecular weight is 619 g/mol. The molecular formula is C36H58O8. The number of aliphatic hydroxyl groups excluding tert-OH is 5. The molecule has 5 N–H and O–H groups in total. The summed E-state index contributed by atoms with van der Waals surface area (Å²) in [6.45, 7) is 16.1. The molecule has 4 saturated carbocycles. The number of aliphatic hydroxyl groups is 5. The molecule has 13 atom stereocenters. The number of hydrogen-bond donors (Lipinski definition) is 5. The van der Waals surface area contributed by atoms with E-state index in [-0.39, 0.29) is 39.1 Å². The van der Waals surface area contributed by atoms with E-state index in [2.05, 4.69) is 54.5 Å². The summed E-state index contributed by atoms with van der Waals surface area (Å²) >= 11 is 0. The zero-order chi connectivity index (χ0) is 32.3. The molecule has 1 aliphatic heterocycles. The van der Waals surface area contributed by atoms with Gasteiger partial charge in [0.15, 0.2) is 0 Å². The lowest BCUT2D eigenvalue weighted by Gasteiger charge is -2.71. The van der Waals surface area contributed by atoms with Crippen LogP contribution >= 0.6 is 0 Å². The molecule has 8 heteroatoms. The molecule has 250 valence electrons. The van der Waals surface area contributed by atoms with Gasteiger partial charge in [-0.25, -0.2) is 0 Å². The molecule has 5 fully saturated rings. The summed E-state index contributed by atoms with van der Waals surface area (Å²) in [7, 11) is 0. The first-order chi connectivity index (χ1) is 20.4. The number of hydrogen-bond acceptors (Lipinski definition) is 8. The highest BCUT2D eigenvalue weighted by Gasteiger charge is 2.69. The molecule has 8 nitrogen and oxygen atoms in total. The Balaban J connectivity index is 1.35. The molecule has 0 radical (unpaired) electrons. The summed E-state index contributed by atoms with van der Waals surface area (Å²) in [6.07, 6.45) is 4.05. The number of ether oxygens (including phenoxy) is 2. The second kappa shape index (κ2) is 10.5. The minimum absolute atomic E-state index is 0.00434. The van der Waals surface area contributed by atoms with Gasteiger partial charge in [-0.05, 0) is 109 Å². The molecular weight excluding hydrogens is 560 g/mol. The van der Waals surface area contributed by atoms with Crippen molar-refractivity contribution < 1.29 is 39.8 Å². The van der Waals surface area contributed by atoms with Crippen molar-refractivity contribution >= 4 is 5.97 Å². The van der Waals surface area contributed by atoms with Gasteiger partial charge in [-0.15, -0.1) is 0 Å². The summed E-state index contributed by atoms with van der Waals surface area (Å²) in [5.74, 6) is 0.561. The number of allylic oxidation sites excluding steroid dienone is 2.